The molecule has 0 amide bonds. The van der Waals surface area contributed by atoms with Crippen LogP contribution in [0.25, 0.3) is 5.69 Å². The van der Waals surface area contributed by atoms with Gasteiger partial charge in [0.15, 0.2) is 5.82 Å². The molecule has 0 N–H and O–H groups in total. The highest BCUT2D eigenvalue weighted by atomic mass is 16.5. The Balaban J connectivity index is 1.52. The van der Waals surface area contributed by atoms with Crippen molar-refractivity contribution >= 4 is 5.69 Å². The highest BCUT2D eigenvalue weighted by Gasteiger charge is 2.19. The monoisotopic (exact) mass is 349 g/mol. The van der Waals surface area contributed by atoms with Gasteiger partial charge in [-0.2, -0.15) is 4.68 Å². The van der Waals surface area contributed by atoms with Gasteiger partial charge in [0.25, 0.3) is 0 Å². The van der Waals surface area contributed by atoms with Crippen LogP contribution in [-0.2, 0) is 6.61 Å². The highest BCUT2D eigenvalue weighted by Crippen LogP contribution is 2.32. The van der Waals surface area contributed by atoms with E-state index in [2.05, 4.69) is 39.5 Å². The molecule has 3 aromatic rings. The van der Waals surface area contributed by atoms with Crippen molar-refractivity contribution in [2.45, 2.75) is 26.4 Å². The summed E-state index contributed by atoms with van der Waals surface area (Å²) in [6.45, 7) is 4.78. The Kier molecular flexibility index (Phi) is 4.82. The average Bonchev–Trinajstić information content (AvgIpc) is 3.16. The van der Waals surface area contributed by atoms with Gasteiger partial charge in [0, 0.05) is 13.1 Å². The number of benzene rings is 2. The molecule has 6 nitrogen and oxygen atoms in total. The van der Waals surface area contributed by atoms with Crippen molar-refractivity contribution in [1.29, 1.82) is 0 Å². The Morgan fingerprint density at radius 2 is 1.88 bits per heavy atom. The Morgan fingerprint density at radius 3 is 2.73 bits per heavy atom. The smallest absolute Gasteiger partial charge is 0.194 e. The number of para-hydroxylation sites is 3. The maximum atomic E-state index is 6.13. The van der Waals surface area contributed by atoms with E-state index in [0.717, 1.165) is 30.2 Å². The number of anilines is 1. The van der Waals surface area contributed by atoms with Crippen molar-refractivity contribution in [2.75, 3.05) is 18.0 Å². The summed E-state index contributed by atoms with van der Waals surface area (Å²) in [6, 6.07) is 18.1. The van der Waals surface area contributed by atoms with Crippen LogP contribution in [-0.4, -0.2) is 33.3 Å². The zero-order valence-corrected chi connectivity index (χ0v) is 15.0. The fraction of sp³-hybridized carbons (Fsp3) is 0.350. The molecule has 2 heterocycles. The molecule has 134 valence electrons. The van der Waals surface area contributed by atoms with Gasteiger partial charge in [-0.1, -0.05) is 37.3 Å². The molecule has 0 bridgehead atoms. The van der Waals surface area contributed by atoms with Crippen LogP contribution in [0.2, 0.25) is 0 Å². The molecule has 4 rings (SSSR count). The van der Waals surface area contributed by atoms with Crippen molar-refractivity contribution < 1.29 is 4.74 Å². The first-order chi connectivity index (χ1) is 12.8. The van der Waals surface area contributed by atoms with E-state index in [1.807, 2.05) is 42.5 Å². The minimum atomic E-state index is 0.322. The summed E-state index contributed by atoms with van der Waals surface area (Å²) < 4.78 is 7.84. The van der Waals surface area contributed by atoms with E-state index in [9.17, 15) is 0 Å². The molecule has 0 aliphatic carbocycles. The highest BCUT2D eigenvalue weighted by molar-refractivity contribution is 5.58. The fourth-order valence-corrected chi connectivity index (χ4v) is 3.46. The van der Waals surface area contributed by atoms with Gasteiger partial charge < -0.3 is 9.64 Å². The van der Waals surface area contributed by atoms with Crippen LogP contribution in [0.5, 0.6) is 5.75 Å². The molecule has 6 heteroatoms. The second-order valence-electron chi connectivity index (χ2n) is 6.79. The normalized spacial score (nSPS) is 17.3. The van der Waals surface area contributed by atoms with Crippen molar-refractivity contribution in [3.05, 3.63) is 60.4 Å². The van der Waals surface area contributed by atoms with Gasteiger partial charge in [0.1, 0.15) is 12.4 Å². The summed E-state index contributed by atoms with van der Waals surface area (Å²) in [5.74, 6) is 2.27. The third-order valence-electron chi connectivity index (χ3n) is 4.75. The second-order valence-corrected chi connectivity index (χ2v) is 6.79. The number of hydrogen-bond acceptors (Lipinski definition) is 5. The van der Waals surface area contributed by atoms with Gasteiger partial charge in [-0.25, -0.2) is 0 Å². The minimum Gasteiger partial charge on any atom is -0.483 e. The Bertz CT molecular complexity index is 848. The number of tetrazole rings is 1. The molecule has 1 aliphatic rings. The van der Waals surface area contributed by atoms with E-state index in [4.69, 9.17) is 4.74 Å². The number of aromatic nitrogens is 4. The van der Waals surface area contributed by atoms with Crippen molar-refractivity contribution in [1.82, 2.24) is 20.2 Å². The Hall–Kier alpha value is -2.89. The Morgan fingerprint density at radius 1 is 1.08 bits per heavy atom. The van der Waals surface area contributed by atoms with Crippen LogP contribution in [0.4, 0.5) is 5.69 Å². The fourth-order valence-electron chi connectivity index (χ4n) is 3.46. The van der Waals surface area contributed by atoms with Crippen LogP contribution in [0.15, 0.2) is 54.6 Å². The lowest BCUT2D eigenvalue weighted by Crippen LogP contribution is -2.34. The van der Waals surface area contributed by atoms with Crippen molar-refractivity contribution in [2.24, 2.45) is 5.92 Å². The second kappa shape index (κ2) is 7.56. The summed E-state index contributed by atoms with van der Waals surface area (Å²) >= 11 is 0. The van der Waals surface area contributed by atoms with Crippen LogP contribution in [0, 0.1) is 5.92 Å². The standard InChI is InChI=1S/C20H23N5O/c1-16-8-7-13-24(14-16)18-11-5-6-12-19(18)26-15-20-21-22-23-25(20)17-9-3-2-4-10-17/h2-6,9-12,16H,7-8,13-15H2,1H3. The summed E-state index contributed by atoms with van der Waals surface area (Å²) in [5, 5.41) is 12.0. The number of rotatable bonds is 5. The molecule has 0 spiro atoms. The van der Waals surface area contributed by atoms with Crippen molar-refractivity contribution in [3.8, 4) is 11.4 Å². The van der Waals surface area contributed by atoms with Crippen molar-refractivity contribution in [3.63, 3.8) is 0 Å². The van der Waals surface area contributed by atoms with Crippen LogP contribution in [0.1, 0.15) is 25.6 Å². The molecule has 2 aromatic carbocycles. The van der Waals surface area contributed by atoms with Gasteiger partial charge in [-0.15, -0.1) is 5.10 Å². The first kappa shape index (κ1) is 16.6. The molecule has 0 radical (unpaired) electrons. The summed E-state index contributed by atoms with van der Waals surface area (Å²) in [6.07, 6.45) is 2.52. The van der Waals surface area contributed by atoms with Crippen LogP contribution in [0.3, 0.4) is 0 Å². The van der Waals surface area contributed by atoms with Gasteiger partial charge in [0.05, 0.1) is 11.4 Å². The molecule has 1 atom stereocenters. The molecule has 26 heavy (non-hydrogen) atoms. The maximum Gasteiger partial charge on any atom is 0.194 e. The van der Waals surface area contributed by atoms with E-state index in [-0.39, 0.29) is 0 Å². The van der Waals surface area contributed by atoms with Gasteiger partial charge in [0.2, 0.25) is 0 Å². The molecule has 1 saturated heterocycles. The predicted molar refractivity (Wildman–Crippen MR) is 101 cm³/mol. The molecule has 1 fully saturated rings. The van der Waals surface area contributed by atoms with Crippen LogP contribution < -0.4 is 9.64 Å². The topological polar surface area (TPSA) is 56.1 Å². The SMILES string of the molecule is CC1CCCN(c2ccccc2OCc2nnnn2-c2ccccc2)C1. The first-order valence-electron chi connectivity index (χ1n) is 9.11. The maximum absolute atomic E-state index is 6.13. The van der Waals surface area contributed by atoms with E-state index in [1.165, 1.54) is 12.8 Å². The number of ether oxygens (including phenoxy) is 1. The quantitative estimate of drug-likeness (QED) is 0.706. The molecule has 0 saturated carbocycles. The van der Waals surface area contributed by atoms with Gasteiger partial charge in [-0.3, -0.25) is 0 Å². The van der Waals surface area contributed by atoms with E-state index >= 15 is 0 Å². The minimum absolute atomic E-state index is 0.322. The van der Waals surface area contributed by atoms with E-state index < -0.39 is 0 Å². The molecular formula is C20H23N5O. The predicted octanol–water partition coefficient (Wildman–Crippen LogP) is 3.48. The third kappa shape index (κ3) is 3.54. The molecular weight excluding hydrogens is 326 g/mol. The third-order valence-corrected chi connectivity index (χ3v) is 4.75. The van der Waals surface area contributed by atoms with E-state index in [0.29, 0.717) is 18.3 Å². The molecule has 1 aliphatic heterocycles. The average molecular weight is 349 g/mol. The van der Waals surface area contributed by atoms with E-state index in [1.54, 1.807) is 4.68 Å². The largest absolute Gasteiger partial charge is 0.483 e. The summed E-state index contributed by atoms with van der Waals surface area (Å²) in [5.41, 5.74) is 2.08. The summed E-state index contributed by atoms with van der Waals surface area (Å²) in [4.78, 5) is 2.42. The molecule has 1 aromatic heterocycles. The lowest BCUT2D eigenvalue weighted by atomic mass is 9.99. The number of nitrogens with zero attached hydrogens (tertiary/aromatic N) is 5. The zero-order chi connectivity index (χ0) is 17.8. The Labute approximate surface area is 153 Å². The number of piperidine rings is 1. The lowest BCUT2D eigenvalue weighted by molar-refractivity contribution is 0.291. The van der Waals surface area contributed by atoms with Crippen LogP contribution >= 0.6 is 0 Å². The van der Waals surface area contributed by atoms with Gasteiger partial charge >= 0.3 is 0 Å². The lowest BCUT2D eigenvalue weighted by Gasteiger charge is -2.33. The zero-order valence-electron chi connectivity index (χ0n) is 15.0. The van der Waals surface area contributed by atoms with Gasteiger partial charge in [-0.05, 0) is 53.5 Å². The summed E-state index contributed by atoms with van der Waals surface area (Å²) in [7, 11) is 0. The number of hydrogen-bond donors (Lipinski definition) is 0. The molecule has 1 unspecified atom stereocenters. The first-order valence-corrected chi connectivity index (χ1v) is 9.11.